The van der Waals surface area contributed by atoms with E-state index in [0.717, 1.165) is 38.5 Å². The summed E-state index contributed by atoms with van der Waals surface area (Å²) in [6.45, 7) is 0. The maximum absolute atomic E-state index is 5.26. The summed E-state index contributed by atoms with van der Waals surface area (Å²) in [5.41, 5.74) is 6.08. The maximum atomic E-state index is 5.26. The van der Waals surface area contributed by atoms with Gasteiger partial charge in [-0.15, -0.1) is 11.3 Å². The summed E-state index contributed by atoms with van der Waals surface area (Å²) in [7, 11) is 1.68. The fourth-order valence-electron chi connectivity index (χ4n) is 2.68. The van der Waals surface area contributed by atoms with Crippen LogP contribution >= 0.6 is 11.3 Å². The van der Waals surface area contributed by atoms with Gasteiger partial charge in [0.05, 0.1) is 19.0 Å². The van der Waals surface area contributed by atoms with Gasteiger partial charge in [0.1, 0.15) is 5.75 Å². The van der Waals surface area contributed by atoms with Gasteiger partial charge >= 0.3 is 0 Å². The highest BCUT2D eigenvalue weighted by atomic mass is 32.1. The van der Waals surface area contributed by atoms with Gasteiger partial charge in [0.2, 0.25) is 5.13 Å². The molecule has 0 saturated heterocycles. The van der Waals surface area contributed by atoms with Gasteiger partial charge in [-0.2, -0.15) is 5.10 Å². The van der Waals surface area contributed by atoms with E-state index >= 15 is 0 Å². The lowest BCUT2D eigenvalue weighted by atomic mass is 10.1. The lowest BCUT2D eigenvalue weighted by molar-refractivity contribution is 0.415. The Morgan fingerprint density at radius 3 is 2.65 bits per heavy atom. The van der Waals surface area contributed by atoms with Crippen LogP contribution in [0.4, 0.5) is 5.13 Å². The molecule has 4 nitrogen and oxygen atoms in total. The Labute approximate surface area is 155 Å². The number of nitrogens with one attached hydrogen (secondary N) is 1. The molecule has 0 bridgehead atoms. The zero-order valence-corrected chi connectivity index (χ0v) is 15.0. The monoisotopic (exact) mass is 359 g/mol. The van der Waals surface area contributed by atoms with E-state index in [-0.39, 0.29) is 0 Å². The number of hydrogen-bond acceptors (Lipinski definition) is 5. The van der Waals surface area contributed by atoms with Crippen molar-refractivity contribution in [3.05, 3.63) is 77.7 Å². The summed E-state index contributed by atoms with van der Waals surface area (Å²) < 4.78 is 5.26. The van der Waals surface area contributed by atoms with Crippen molar-refractivity contribution in [2.24, 2.45) is 5.10 Å². The van der Waals surface area contributed by atoms with Crippen molar-refractivity contribution in [2.45, 2.75) is 0 Å². The molecule has 26 heavy (non-hydrogen) atoms. The Morgan fingerprint density at radius 1 is 1.00 bits per heavy atom. The van der Waals surface area contributed by atoms with Gasteiger partial charge in [0.15, 0.2) is 0 Å². The number of thiazole rings is 1. The van der Waals surface area contributed by atoms with Crippen molar-refractivity contribution >= 4 is 33.5 Å². The second kappa shape index (κ2) is 7.37. The molecule has 0 spiro atoms. The second-order valence-corrected chi connectivity index (χ2v) is 6.60. The summed E-state index contributed by atoms with van der Waals surface area (Å²) in [4.78, 5) is 4.56. The highest BCUT2D eigenvalue weighted by Gasteiger charge is 2.03. The van der Waals surface area contributed by atoms with Crippen molar-refractivity contribution in [2.75, 3.05) is 12.5 Å². The Balaban J connectivity index is 1.47. The number of benzene rings is 3. The molecule has 128 valence electrons. The molecule has 1 heterocycles. The fourth-order valence-corrected chi connectivity index (χ4v) is 3.35. The SMILES string of the molecule is COc1ccc2cc(C=NNc3nc(-c4ccccc4)cs3)ccc2c1. The van der Waals surface area contributed by atoms with Gasteiger partial charge in [-0.05, 0) is 34.5 Å². The normalized spacial score (nSPS) is 11.1. The minimum Gasteiger partial charge on any atom is -0.497 e. The Morgan fingerprint density at radius 2 is 1.81 bits per heavy atom. The average molecular weight is 359 g/mol. The Bertz CT molecular complexity index is 1060. The van der Waals surface area contributed by atoms with Crippen LogP contribution in [-0.4, -0.2) is 18.3 Å². The van der Waals surface area contributed by atoms with Crippen LogP contribution in [-0.2, 0) is 0 Å². The second-order valence-electron chi connectivity index (χ2n) is 5.75. The molecule has 0 aliphatic heterocycles. The van der Waals surface area contributed by atoms with E-state index in [1.165, 1.54) is 11.3 Å². The van der Waals surface area contributed by atoms with Crippen LogP contribution < -0.4 is 10.2 Å². The number of fused-ring (bicyclic) bond motifs is 1. The molecule has 0 radical (unpaired) electrons. The summed E-state index contributed by atoms with van der Waals surface area (Å²) in [6.07, 6.45) is 1.80. The van der Waals surface area contributed by atoms with E-state index in [4.69, 9.17) is 4.74 Å². The van der Waals surface area contributed by atoms with Gasteiger partial charge in [0.25, 0.3) is 0 Å². The number of hydrogen-bond donors (Lipinski definition) is 1. The maximum Gasteiger partial charge on any atom is 0.203 e. The molecule has 1 aromatic heterocycles. The number of aromatic nitrogens is 1. The molecule has 4 aromatic rings. The van der Waals surface area contributed by atoms with Crippen LogP contribution in [0.5, 0.6) is 5.75 Å². The first-order valence-corrected chi connectivity index (χ1v) is 9.07. The van der Waals surface area contributed by atoms with Crippen LogP contribution in [0.25, 0.3) is 22.0 Å². The zero-order valence-electron chi connectivity index (χ0n) is 14.2. The molecule has 1 N–H and O–H groups in total. The molecule has 0 amide bonds. The summed E-state index contributed by atoms with van der Waals surface area (Å²) >= 11 is 1.54. The third-order valence-electron chi connectivity index (χ3n) is 4.02. The van der Waals surface area contributed by atoms with Gasteiger partial charge in [-0.3, -0.25) is 5.43 Å². The van der Waals surface area contributed by atoms with Crippen molar-refractivity contribution in [3.63, 3.8) is 0 Å². The fraction of sp³-hybridized carbons (Fsp3) is 0.0476. The molecule has 0 saturated carbocycles. The zero-order chi connectivity index (χ0) is 17.8. The number of anilines is 1. The van der Waals surface area contributed by atoms with E-state index in [2.05, 4.69) is 27.6 Å². The molecule has 0 atom stereocenters. The minimum absolute atomic E-state index is 0.769. The van der Waals surface area contributed by atoms with E-state index in [1.54, 1.807) is 13.3 Å². The molecular weight excluding hydrogens is 342 g/mol. The summed E-state index contributed by atoms with van der Waals surface area (Å²) in [6, 6.07) is 22.3. The predicted octanol–water partition coefficient (Wildman–Crippen LogP) is 5.42. The first-order valence-electron chi connectivity index (χ1n) is 8.20. The van der Waals surface area contributed by atoms with E-state index in [9.17, 15) is 0 Å². The molecule has 5 heteroatoms. The predicted molar refractivity (Wildman–Crippen MR) is 109 cm³/mol. The topological polar surface area (TPSA) is 46.5 Å². The largest absolute Gasteiger partial charge is 0.497 e. The van der Waals surface area contributed by atoms with Crippen LogP contribution in [0.3, 0.4) is 0 Å². The van der Waals surface area contributed by atoms with Crippen LogP contribution in [0.1, 0.15) is 5.56 Å². The van der Waals surface area contributed by atoms with Gasteiger partial charge in [-0.1, -0.05) is 48.5 Å². The number of hydrazone groups is 1. The third kappa shape index (κ3) is 3.58. The summed E-state index contributed by atoms with van der Waals surface area (Å²) in [5, 5.41) is 9.39. The molecule has 4 rings (SSSR count). The smallest absolute Gasteiger partial charge is 0.203 e. The van der Waals surface area contributed by atoms with Crippen LogP contribution in [0, 0.1) is 0 Å². The molecule has 0 unspecified atom stereocenters. The average Bonchev–Trinajstić information content (AvgIpc) is 3.17. The van der Waals surface area contributed by atoms with Crippen molar-refractivity contribution < 1.29 is 4.74 Å². The lowest BCUT2D eigenvalue weighted by Crippen LogP contribution is -1.90. The Hall–Kier alpha value is -3.18. The quantitative estimate of drug-likeness (QED) is 0.382. The minimum atomic E-state index is 0.769. The van der Waals surface area contributed by atoms with Gasteiger partial charge < -0.3 is 4.74 Å². The van der Waals surface area contributed by atoms with E-state index in [1.807, 2.05) is 60.0 Å². The highest BCUT2D eigenvalue weighted by Crippen LogP contribution is 2.25. The molecule has 3 aromatic carbocycles. The van der Waals surface area contributed by atoms with E-state index < -0.39 is 0 Å². The molecular formula is C21H17N3OS. The van der Waals surface area contributed by atoms with Crippen LogP contribution in [0.2, 0.25) is 0 Å². The number of ether oxygens (including phenoxy) is 1. The van der Waals surface area contributed by atoms with Gasteiger partial charge in [0, 0.05) is 10.9 Å². The standard InChI is InChI=1S/C21H17N3OS/c1-25-19-10-9-17-11-15(7-8-18(17)12-19)13-22-24-21-23-20(14-26-21)16-5-3-2-4-6-16/h2-14H,1H3,(H,23,24). The number of methoxy groups -OCH3 is 1. The van der Waals surface area contributed by atoms with Crippen LogP contribution in [0.15, 0.2) is 77.2 Å². The summed E-state index contributed by atoms with van der Waals surface area (Å²) in [5.74, 6) is 0.860. The molecule has 0 fully saturated rings. The van der Waals surface area contributed by atoms with Crippen molar-refractivity contribution in [3.8, 4) is 17.0 Å². The first-order chi connectivity index (χ1) is 12.8. The molecule has 0 aliphatic carbocycles. The lowest BCUT2D eigenvalue weighted by Gasteiger charge is -2.03. The third-order valence-corrected chi connectivity index (χ3v) is 4.77. The number of rotatable bonds is 5. The highest BCUT2D eigenvalue weighted by molar-refractivity contribution is 7.14. The van der Waals surface area contributed by atoms with Crippen molar-refractivity contribution in [1.29, 1.82) is 0 Å². The Kier molecular flexibility index (Phi) is 4.62. The molecule has 0 aliphatic rings. The first kappa shape index (κ1) is 16.3. The van der Waals surface area contributed by atoms with Crippen molar-refractivity contribution in [1.82, 2.24) is 4.98 Å². The van der Waals surface area contributed by atoms with E-state index in [0.29, 0.717) is 0 Å². The van der Waals surface area contributed by atoms with Gasteiger partial charge in [-0.25, -0.2) is 4.98 Å². The number of nitrogens with zero attached hydrogens (tertiary/aromatic N) is 2.